The second-order valence-corrected chi connectivity index (χ2v) is 3.88. The van der Waals surface area contributed by atoms with Crippen molar-refractivity contribution in [3.8, 4) is 0 Å². The van der Waals surface area contributed by atoms with Gasteiger partial charge in [0.15, 0.2) is 0 Å². The maximum atomic E-state index is 12.1. The number of nitrogens with one attached hydrogen (secondary N) is 2. The molecule has 2 N–H and O–H groups in total. The van der Waals surface area contributed by atoms with E-state index in [1.54, 1.807) is 24.3 Å². The maximum absolute atomic E-state index is 12.1. The minimum Gasteiger partial charge on any atom is -0.336 e. The summed E-state index contributed by atoms with van der Waals surface area (Å²) in [6.07, 6.45) is 0.618. The van der Waals surface area contributed by atoms with Crippen molar-refractivity contribution in [2.24, 2.45) is 0 Å². The molecule has 1 aliphatic heterocycles. The van der Waals surface area contributed by atoms with Crippen LogP contribution in [0.5, 0.6) is 0 Å². The lowest BCUT2D eigenvalue weighted by atomic mass is 10.1. The summed E-state index contributed by atoms with van der Waals surface area (Å²) in [4.78, 5) is 24.2. The Morgan fingerprint density at radius 2 is 1.88 bits per heavy atom. The van der Waals surface area contributed by atoms with Crippen molar-refractivity contribution in [2.45, 2.75) is 0 Å². The summed E-state index contributed by atoms with van der Waals surface area (Å²) in [5.41, 5.74) is 1.35. The highest BCUT2D eigenvalue weighted by molar-refractivity contribution is 5.94. The van der Waals surface area contributed by atoms with E-state index < -0.39 is 0 Å². The highest BCUT2D eigenvalue weighted by atomic mass is 16.2. The molecule has 0 aromatic heterocycles. The number of amides is 2. The van der Waals surface area contributed by atoms with Gasteiger partial charge in [0.1, 0.15) is 0 Å². The maximum Gasteiger partial charge on any atom is 0.253 e. The number of benzene rings is 1. The highest BCUT2D eigenvalue weighted by Crippen LogP contribution is 2.11. The molecule has 1 saturated heterocycles. The Labute approximate surface area is 99.8 Å². The molecule has 2 rings (SSSR count). The standard InChI is InChI=1S/C12H15N3O2/c16-9-14-11-3-1-10(2-4-11)12(17)15-7-5-13-6-8-15/h1-4,9,13H,5-8H2,(H,14,16). The molecule has 0 spiro atoms. The van der Waals surface area contributed by atoms with Crippen LogP contribution >= 0.6 is 0 Å². The predicted octanol–water partition coefficient (Wildman–Crippen LogP) is 0.300. The Kier molecular flexibility index (Phi) is 3.72. The van der Waals surface area contributed by atoms with E-state index in [9.17, 15) is 9.59 Å². The quantitative estimate of drug-likeness (QED) is 0.738. The first-order valence-electron chi connectivity index (χ1n) is 5.61. The zero-order valence-corrected chi connectivity index (χ0v) is 9.48. The van der Waals surface area contributed by atoms with Crippen LogP contribution in [0.15, 0.2) is 24.3 Å². The number of anilines is 1. The van der Waals surface area contributed by atoms with Crippen molar-refractivity contribution in [3.63, 3.8) is 0 Å². The van der Waals surface area contributed by atoms with E-state index in [0.29, 0.717) is 17.7 Å². The summed E-state index contributed by atoms with van der Waals surface area (Å²) in [5, 5.41) is 5.74. The third kappa shape index (κ3) is 2.82. The second-order valence-electron chi connectivity index (χ2n) is 3.88. The van der Waals surface area contributed by atoms with E-state index in [0.717, 1.165) is 26.2 Å². The zero-order chi connectivity index (χ0) is 12.1. The third-order valence-electron chi connectivity index (χ3n) is 2.76. The number of rotatable bonds is 3. The number of hydrogen-bond donors (Lipinski definition) is 2. The molecule has 1 heterocycles. The van der Waals surface area contributed by atoms with E-state index in [-0.39, 0.29) is 5.91 Å². The van der Waals surface area contributed by atoms with Gasteiger partial charge < -0.3 is 15.5 Å². The van der Waals surface area contributed by atoms with Gasteiger partial charge in [0, 0.05) is 37.4 Å². The zero-order valence-electron chi connectivity index (χ0n) is 9.48. The fourth-order valence-electron chi connectivity index (χ4n) is 1.83. The lowest BCUT2D eigenvalue weighted by molar-refractivity contribution is -0.105. The molecule has 0 bridgehead atoms. The summed E-state index contributed by atoms with van der Waals surface area (Å²) < 4.78 is 0. The van der Waals surface area contributed by atoms with Crippen molar-refractivity contribution >= 4 is 18.0 Å². The van der Waals surface area contributed by atoms with Gasteiger partial charge in [-0.2, -0.15) is 0 Å². The molecular weight excluding hydrogens is 218 g/mol. The van der Waals surface area contributed by atoms with E-state index in [1.807, 2.05) is 4.90 Å². The van der Waals surface area contributed by atoms with Gasteiger partial charge in [0.05, 0.1) is 0 Å². The van der Waals surface area contributed by atoms with Crippen LogP contribution in [-0.2, 0) is 4.79 Å². The first-order chi connectivity index (χ1) is 8.31. The molecule has 0 atom stereocenters. The average Bonchev–Trinajstić information content (AvgIpc) is 2.40. The Hall–Kier alpha value is -1.88. The minimum absolute atomic E-state index is 0.0455. The van der Waals surface area contributed by atoms with E-state index in [2.05, 4.69) is 10.6 Å². The Morgan fingerprint density at radius 3 is 2.47 bits per heavy atom. The first-order valence-corrected chi connectivity index (χ1v) is 5.61. The van der Waals surface area contributed by atoms with Gasteiger partial charge in [-0.3, -0.25) is 9.59 Å². The van der Waals surface area contributed by atoms with Crippen LogP contribution in [-0.4, -0.2) is 43.4 Å². The van der Waals surface area contributed by atoms with Crippen molar-refractivity contribution < 1.29 is 9.59 Å². The average molecular weight is 233 g/mol. The number of nitrogens with zero attached hydrogens (tertiary/aromatic N) is 1. The summed E-state index contributed by atoms with van der Waals surface area (Å²) in [7, 11) is 0. The summed E-state index contributed by atoms with van der Waals surface area (Å²) >= 11 is 0. The normalized spacial score (nSPS) is 15.4. The molecule has 90 valence electrons. The largest absolute Gasteiger partial charge is 0.336 e. The Bertz CT molecular complexity index is 397. The van der Waals surface area contributed by atoms with Crippen LogP contribution in [0.3, 0.4) is 0 Å². The smallest absolute Gasteiger partial charge is 0.253 e. The lowest BCUT2D eigenvalue weighted by Crippen LogP contribution is -2.46. The van der Waals surface area contributed by atoms with E-state index in [4.69, 9.17) is 0 Å². The molecular formula is C12H15N3O2. The fourth-order valence-corrected chi connectivity index (χ4v) is 1.83. The first kappa shape index (κ1) is 11.6. The van der Waals surface area contributed by atoms with Gasteiger partial charge in [0.25, 0.3) is 5.91 Å². The van der Waals surface area contributed by atoms with E-state index in [1.165, 1.54) is 0 Å². The topological polar surface area (TPSA) is 61.4 Å². The molecule has 5 heteroatoms. The predicted molar refractivity (Wildman–Crippen MR) is 64.9 cm³/mol. The number of piperazine rings is 1. The Balaban J connectivity index is 2.05. The molecule has 0 radical (unpaired) electrons. The monoisotopic (exact) mass is 233 g/mol. The van der Waals surface area contributed by atoms with Crippen molar-refractivity contribution in [3.05, 3.63) is 29.8 Å². The van der Waals surface area contributed by atoms with Gasteiger partial charge >= 0.3 is 0 Å². The number of carbonyl (C=O) groups is 2. The third-order valence-corrected chi connectivity index (χ3v) is 2.76. The molecule has 0 unspecified atom stereocenters. The van der Waals surface area contributed by atoms with Crippen molar-refractivity contribution in [2.75, 3.05) is 31.5 Å². The van der Waals surface area contributed by atoms with Crippen LogP contribution in [0.2, 0.25) is 0 Å². The fraction of sp³-hybridized carbons (Fsp3) is 0.333. The van der Waals surface area contributed by atoms with Crippen molar-refractivity contribution in [1.29, 1.82) is 0 Å². The van der Waals surface area contributed by atoms with Crippen LogP contribution in [0, 0.1) is 0 Å². The SMILES string of the molecule is O=CNc1ccc(C(=O)N2CCNCC2)cc1. The molecule has 1 aromatic rings. The van der Waals surface area contributed by atoms with Crippen LogP contribution in [0.25, 0.3) is 0 Å². The molecule has 2 amide bonds. The molecule has 0 saturated carbocycles. The van der Waals surface area contributed by atoms with Crippen molar-refractivity contribution in [1.82, 2.24) is 10.2 Å². The molecule has 1 aromatic carbocycles. The molecule has 1 fully saturated rings. The van der Waals surface area contributed by atoms with Gasteiger partial charge in [-0.1, -0.05) is 0 Å². The van der Waals surface area contributed by atoms with Crippen LogP contribution < -0.4 is 10.6 Å². The summed E-state index contributed by atoms with van der Waals surface area (Å²) in [6.45, 7) is 3.17. The minimum atomic E-state index is 0.0455. The molecule has 17 heavy (non-hydrogen) atoms. The number of carbonyl (C=O) groups excluding carboxylic acids is 2. The molecule has 1 aliphatic rings. The summed E-state index contributed by atoms with van der Waals surface area (Å²) in [5.74, 6) is 0.0455. The highest BCUT2D eigenvalue weighted by Gasteiger charge is 2.17. The number of hydrogen-bond acceptors (Lipinski definition) is 3. The van der Waals surface area contributed by atoms with Gasteiger partial charge in [-0.25, -0.2) is 0 Å². The lowest BCUT2D eigenvalue weighted by Gasteiger charge is -2.27. The Morgan fingerprint density at radius 1 is 1.24 bits per heavy atom. The summed E-state index contributed by atoms with van der Waals surface area (Å²) in [6, 6.07) is 6.92. The van der Waals surface area contributed by atoms with Crippen LogP contribution in [0.1, 0.15) is 10.4 Å². The second kappa shape index (κ2) is 5.45. The molecule has 5 nitrogen and oxygen atoms in total. The van der Waals surface area contributed by atoms with Gasteiger partial charge in [-0.05, 0) is 24.3 Å². The van der Waals surface area contributed by atoms with Crippen LogP contribution in [0.4, 0.5) is 5.69 Å². The van der Waals surface area contributed by atoms with Gasteiger partial charge in [0.2, 0.25) is 6.41 Å². The molecule has 0 aliphatic carbocycles. The van der Waals surface area contributed by atoms with E-state index >= 15 is 0 Å². The van der Waals surface area contributed by atoms with Gasteiger partial charge in [-0.15, -0.1) is 0 Å².